The zero-order chi connectivity index (χ0) is 53.6. The molecule has 1 heterocycles. The van der Waals surface area contributed by atoms with Gasteiger partial charge in [0.15, 0.2) is 0 Å². The minimum atomic E-state index is -1.04. The van der Waals surface area contributed by atoms with Crippen LogP contribution in [0.4, 0.5) is 5.69 Å². The zero-order valence-corrected chi connectivity index (χ0v) is 44.1. The summed E-state index contributed by atoms with van der Waals surface area (Å²) >= 11 is 0. The summed E-state index contributed by atoms with van der Waals surface area (Å²) < 4.78 is 59.8. The molecule has 0 aliphatic carbocycles. The second-order valence-corrected chi connectivity index (χ2v) is 17.5. The molecular formula is C50H89N5O18. The molecule has 3 N–H and O–H groups in total. The predicted octanol–water partition coefficient (Wildman–Crippen LogP) is 2.12. The number of carbonyl (C=O) groups excluding carboxylic acids is 7. The number of hydrogen-bond acceptors (Lipinski definition) is 18. The van der Waals surface area contributed by atoms with Crippen LogP contribution in [0, 0.1) is 17.8 Å². The summed E-state index contributed by atoms with van der Waals surface area (Å²) in [6.45, 7) is 16.6. The molecule has 23 heteroatoms. The standard InChI is InChI=1S/C50H83N5O18.3H2/c1-37(2)46(48(60)51-40(6)47(59)52-42-10-8-41(9-11-42)36-73-50(62)38(3)4)53-43(56)35-54(44(57)12-15-64-20-21-66-17-14-55-45(58)34-39(5)49(55)61)13-16-65-22-23-68-26-27-70-30-31-72-33-32-71-29-28-69-25-24-67-19-18-63-7;;;/h8-11,37-40,46H,12-36H2,1-7H3,(H,51,60)(H,52,59)(H,53,56);3*1H/t39?,40-,46-;;;/m0.../s1. The molecule has 0 radical (unpaired) electrons. The number of anilines is 1. The topological polar surface area (TPSA) is 264 Å². The van der Waals surface area contributed by atoms with Crippen molar-refractivity contribution in [2.24, 2.45) is 17.8 Å². The van der Waals surface area contributed by atoms with E-state index in [1.807, 2.05) is 0 Å². The normalized spacial score (nSPS) is 14.4. The van der Waals surface area contributed by atoms with Crippen LogP contribution < -0.4 is 16.0 Å². The van der Waals surface area contributed by atoms with Gasteiger partial charge in [0, 0.05) is 36.0 Å². The van der Waals surface area contributed by atoms with E-state index in [9.17, 15) is 33.6 Å². The van der Waals surface area contributed by atoms with E-state index in [2.05, 4.69) is 16.0 Å². The van der Waals surface area contributed by atoms with E-state index in [0.29, 0.717) is 85.0 Å². The highest BCUT2D eigenvalue weighted by molar-refractivity contribution is 6.03. The molecule has 0 spiro atoms. The number of methoxy groups -OCH3 is 1. The molecule has 1 aromatic rings. The number of likely N-dealkylation sites (tertiary alicyclic amines) is 1. The molecule has 422 valence electrons. The molecule has 1 aromatic carbocycles. The average Bonchev–Trinajstić information content (AvgIpc) is 3.60. The maximum Gasteiger partial charge on any atom is 0.308 e. The number of imide groups is 1. The van der Waals surface area contributed by atoms with Crippen molar-refractivity contribution in [3.63, 3.8) is 0 Å². The summed E-state index contributed by atoms with van der Waals surface area (Å²) in [5.74, 6) is -3.80. The molecule has 3 atom stereocenters. The summed E-state index contributed by atoms with van der Waals surface area (Å²) in [5.41, 5.74) is 1.21. The Labute approximate surface area is 434 Å². The summed E-state index contributed by atoms with van der Waals surface area (Å²) in [6.07, 6.45) is 0.127. The van der Waals surface area contributed by atoms with Gasteiger partial charge in [0.25, 0.3) is 0 Å². The van der Waals surface area contributed by atoms with Gasteiger partial charge in [-0.15, -0.1) is 0 Å². The van der Waals surface area contributed by atoms with Crippen molar-refractivity contribution in [2.45, 2.75) is 73.1 Å². The first-order valence-corrected chi connectivity index (χ1v) is 25.1. The van der Waals surface area contributed by atoms with Gasteiger partial charge in [0.1, 0.15) is 18.7 Å². The number of amides is 6. The van der Waals surface area contributed by atoms with Crippen molar-refractivity contribution in [2.75, 3.05) is 158 Å². The Morgan fingerprint density at radius 2 is 1.12 bits per heavy atom. The molecule has 1 fully saturated rings. The number of ether oxygens (including phenoxy) is 11. The van der Waals surface area contributed by atoms with Gasteiger partial charge < -0.3 is 73.0 Å². The number of rotatable bonds is 44. The summed E-state index contributed by atoms with van der Waals surface area (Å²) in [5, 5.41) is 8.12. The van der Waals surface area contributed by atoms with Gasteiger partial charge in [-0.05, 0) is 30.5 Å². The summed E-state index contributed by atoms with van der Waals surface area (Å²) in [4.78, 5) is 91.8. The van der Waals surface area contributed by atoms with Crippen LogP contribution in [0.25, 0.3) is 0 Å². The second kappa shape index (κ2) is 39.7. The van der Waals surface area contributed by atoms with E-state index >= 15 is 0 Å². The SMILES string of the molecule is COCCOCCOCCOCCOCCOCCOCCOCCN(CC(=O)N[C@H](C(=O)N[C@@H](C)C(=O)Nc1ccc(COC(=O)C(C)C)cc1)C(C)C)C(=O)CCOCCOCCN1C(=O)CC(C)C1=O.[HH].[HH].[HH]. The lowest BCUT2D eigenvalue weighted by Crippen LogP contribution is -2.55. The highest BCUT2D eigenvalue weighted by Gasteiger charge is 2.35. The first-order chi connectivity index (χ1) is 35.1. The fourth-order valence-corrected chi connectivity index (χ4v) is 6.46. The van der Waals surface area contributed by atoms with E-state index in [0.717, 1.165) is 5.56 Å². The fraction of sp³-hybridized carbons (Fsp3) is 0.740. The minimum Gasteiger partial charge on any atom is -0.461 e. The Morgan fingerprint density at radius 1 is 0.644 bits per heavy atom. The maximum atomic E-state index is 13.5. The van der Waals surface area contributed by atoms with Crippen LogP contribution in [0.1, 0.15) is 64.2 Å². The smallest absolute Gasteiger partial charge is 0.308 e. The van der Waals surface area contributed by atoms with Gasteiger partial charge >= 0.3 is 5.97 Å². The third-order valence-electron chi connectivity index (χ3n) is 10.7. The van der Waals surface area contributed by atoms with Crippen molar-refractivity contribution < 1.29 is 89.9 Å². The number of benzene rings is 1. The maximum absolute atomic E-state index is 13.5. The van der Waals surface area contributed by atoms with Crippen LogP contribution in [0.2, 0.25) is 0 Å². The van der Waals surface area contributed by atoms with E-state index in [1.54, 1.807) is 66.0 Å². The highest BCUT2D eigenvalue weighted by Crippen LogP contribution is 2.18. The van der Waals surface area contributed by atoms with Gasteiger partial charge in [0.2, 0.25) is 35.4 Å². The van der Waals surface area contributed by atoms with Gasteiger partial charge in [-0.2, -0.15) is 0 Å². The second-order valence-electron chi connectivity index (χ2n) is 17.5. The van der Waals surface area contributed by atoms with Crippen LogP contribution in [-0.4, -0.2) is 216 Å². The van der Waals surface area contributed by atoms with E-state index < -0.39 is 35.7 Å². The first kappa shape index (κ1) is 64.4. The first-order valence-electron chi connectivity index (χ1n) is 25.1. The lowest BCUT2D eigenvalue weighted by atomic mass is 10.0. The Morgan fingerprint density at radius 3 is 1.59 bits per heavy atom. The van der Waals surface area contributed by atoms with Gasteiger partial charge in [-0.1, -0.05) is 46.8 Å². The number of hydrogen-bond donors (Lipinski definition) is 3. The number of carbonyl (C=O) groups is 7. The van der Waals surface area contributed by atoms with Crippen molar-refractivity contribution in [1.82, 2.24) is 20.4 Å². The molecule has 1 aliphatic heterocycles. The summed E-state index contributed by atoms with van der Waals surface area (Å²) in [6, 6.07) is 4.72. The molecule has 1 aliphatic rings. The molecule has 1 unspecified atom stereocenters. The molecule has 6 amide bonds. The minimum absolute atomic E-state index is 0. The Balaban J connectivity index is 0. The lowest BCUT2D eigenvalue weighted by molar-refractivity contribution is -0.148. The highest BCUT2D eigenvalue weighted by atomic mass is 16.6. The van der Waals surface area contributed by atoms with Crippen molar-refractivity contribution in [1.29, 1.82) is 0 Å². The molecule has 1 saturated heterocycles. The van der Waals surface area contributed by atoms with Gasteiger partial charge in [0.05, 0.1) is 151 Å². The van der Waals surface area contributed by atoms with E-state index in [4.69, 9.17) is 52.1 Å². The molecular weight excluding hydrogens is 959 g/mol. The van der Waals surface area contributed by atoms with Crippen molar-refractivity contribution >= 4 is 47.1 Å². The van der Waals surface area contributed by atoms with E-state index in [1.165, 1.54) is 16.7 Å². The van der Waals surface area contributed by atoms with Crippen LogP contribution in [0.3, 0.4) is 0 Å². The molecule has 23 nitrogen and oxygen atoms in total. The van der Waals surface area contributed by atoms with Crippen LogP contribution >= 0.6 is 0 Å². The largest absolute Gasteiger partial charge is 0.461 e. The molecule has 0 aromatic heterocycles. The van der Waals surface area contributed by atoms with Crippen LogP contribution in [-0.2, 0) is 92.3 Å². The average molecular weight is 1050 g/mol. The number of nitrogens with one attached hydrogen (secondary N) is 3. The molecule has 2 rings (SSSR count). The van der Waals surface area contributed by atoms with E-state index in [-0.39, 0.29) is 125 Å². The number of esters is 1. The van der Waals surface area contributed by atoms with Crippen LogP contribution in [0.5, 0.6) is 0 Å². The molecule has 0 bridgehead atoms. The summed E-state index contributed by atoms with van der Waals surface area (Å²) in [7, 11) is 1.62. The lowest BCUT2D eigenvalue weighted by Gasteiger charge is -2.26. The Bertz CT molecular complexity index is 1760. The Kier molecular flexibility index (Phi) is 35.1. The molecule has 0 saturated carbocycles. The quantitative estimate of drug-likeness (QED) is 0.0480. The number of nitrogens with zero attached hydrogens (tertiary/aromatic N) is 2. The third kappa shape index (κ3) is 29.7. The monoisotopic (exact) mass is 1050 g/mol. The van der Waals surface area contributed by atoms with Crippen molar-refractivity contribution in [3.05, 3.63) is 29.8 Å². The third-order valence-corrected chi connectivity index (χ3v) is 10.7. The van der Waals surface area contributed by atoms with Gasteiger partial charge in [-0.3, -0.25) is 38.5 Å². The van der Waals surface area contributed by atoms with Crippen molar-refractivity contribution in [3.8, 4) is 0 Å². The van der Waals surface area contributed by atoms with Gasteiger partial charge in [-0.25, -0.2) is 0 Å². The zero-order valence-electron chi connectivity index (χ0n) is 44.1. The predicted molar refractivity (Wildman–Crippen MR) is 271 cm³/mol. The molecule has 73 heavy (non-hydrogen) atoms. The fourth-order valence-electron chi connectivity index (χ4n) is 6.46. The van der Waals surface area contributed by atoms with Crippen LogP contribution in [0.15, 0.2) is 24.3 Å². The Hall–Kier alpha value is -4.69.